The first-order chi connectivity index (χ1) is 8.83. The van der Waals surface area contributed by atoms with Crippen molar-refractivity contribution in [2.45, 2.75) is 32.6 Å². The van der Waals surface area contributed by atoms with Gasteiger partial charge in [0.2, 0.25) is 0 Å². The van der Waals surface area contributed by atoms with Gasteiger partial charge in [-0.25, -0.2) is 0 Å². The molecule has 0 radical (unpaired) electrons. The van der Waals surface area contributed by atoms with Crippen LogP contribution < -0.4 is 10.2 Å². The van der Waals surface area contributed by atoms with Crippen molar-refractivity contribution in [3.63, 3.8) is 0 Å². The predicted molar refractivity (Wildman–Crippen MR) is 77.2 cm³/mol. The third kappa shape index (κ3) is 2.14. The lowest BCUT2D eigenvalue weighted by molar-refractivity contribution is 0.297. The molecular formula is C16H24N2. The van der Waals surface area contributed by atoms with Crippen molar-refractivity contribution < 1.29 is 0 Å². The summed E-state index contributed by atoms with van der Waals surface area (Å²) in [6.07, 6.45) is 5.24. The zero-order valence-electron chi connectivity index (χ0n) is 11.4. The highest BCUT2D eigenvalue weighted by Crippen LogP contribution is 2.36. The van der Waals surface area contributed by atoms with Gasteiger partial charge in [-0.1, -0.05) is 31.5 Å². The Kier molecular flexibility index (Phi) is 3.29. The number of hydrogen-bond acceptors (Lipinski definition) is 2. The van der Waals surface area contributed by atoms with Crippen LogP contribution in [-0.2, 0) is 6.42 Å². The number of benzene rings is 1. The fourth-order valence-electron chi connectivity index (χ4n) is 3.73. The lowest BCUT2D eigenvalue weighted by Crippen LogP contribution is -2.38. The maximum atomic E-state index is 3.57. The summed E-state index contributed by atoms with van der Waals surface area (Å²) in [5.41, 5.74) is 3.54. The van der Waals surface area contributed by atoms with Gasteiger partial charge in [-0.2, -0.15) is 0 Å². The Morgan fingerprint density at radius 1 is 1.33 bits per heavy atom. The molecule has 2 aliphatic heterocycles. The lowest BCUT2D eigenvalue weighted by Gasteiger charge is -2.34. The quantitative estimate of drug-likeness (QED) is 0.876. The van der Waals surface area contributed by atoms with Crippen LogP contribution in [0.15, 0.2) is 24.3 Å². The molecule has 0 bridgehead atoms. The van der Waals surface area contributed by atoms with E-state index < -0.39 is 0 Å². The Hall–Kier alpha value is -1.02. The van der Waals surface area contributed by atoms with Gasteiger partial charge in [-0.15, -0.1) is 0 Å². The molecule has 1 atom stereocenters. The van der Waals surface area contributed by atoms with Crippen LogP contribution >= 0.6 is 0 Å². The highest BCUT2D eigenvalue weighted by molar-refractivity contribution is 5.58. The van der Waals surface area contributed by atoms with E-state index in [1.165, 1.54) is 63.1 Å². The molecule has 3 rings (SSSR count). The highest BCUT2D eigenvalue weighted by atomic mass is 15.2. The Balaban J connectivity index is 1.77. The van der Waals surface area contributed by atoms with Crippen LogP contribution in [0.4, 0.5) is 5.69 Å². The highest BCUT2D eigenvalue weighted by Gasteiger charge is 2.36. The molecule has 2 aliphatic rings. The summed E-state index contributed by atoms with van der Waals surface area (Å²) in [6.45, 7) is 7.18. The number of anilines is 1. The van der Waals surface area contributed by atoms with Crippen molar-refractivity contribution >= 4 is 5.69 Å². The first kappa shape index (κ1) is 12.0. The molecule has 1 aromatic rings. The van der Waals surface area contributed by atoms with Gasteiger partial charge in [0.05, 0.1) is 0 Å². The van der Waals surface area contributed by atoms with Crippen molar-refractivity contribution in [1.82, 2.24) is 5.32 Å². The average Bonchev–Trinajstić information content (AvgIpc) is 2.99. The molecule has 0 saturated carbocycles. The van der Waals surface area contributed by atoms with E-state index >= 15 is 0 Å². The molecule has 98 valence electrons. The molecule has 2 heterocycles. The first-order valence-electron chi connectivity index (χ1n) is 7.37. The number of fused-ring (bicyclic) bond motifs is 1. The number of para-hydroxylation sites is 1. The molecule has 2 heteroatoms. The molecule has 0 amide bonds. The van der Waals surface area contributed by atoms with Crippen molar-refractivity contribution in [3.05, 3.63) is 29.8 Å². The maximum absolute atomic E-state index is 3.57. The second kappa shape index (κ2) is 4.93. The number of rotatable bonds is 4. The van der Waals surface area contributed by atoms with E-state index in [4.69, 9.17) is 0 Å². The number of nitrogens with one attached hydrogen (secondary N) is 1. The molecule has 0 aromatic heterocycles. The fraction of sp³-hybridized carbons (Fsp3) is 0.625. The molecular weight excluding hydrogens is 220 g/mol. The van der Waals surface area contributed by atoms with E-state index in [0.29, 0.717) is 5.41 Å². The summed E-state index contributed by atoms with van der Waals surface area (Å²) in [5.74, 6) is 0. The molecule has 0 spiro atoms. The predicted octanol–water partition coefficient (Wildman–Crippen LogP) is 2.83. The van der Waals surface area contributed by atoms with Crippen LogP contribution in [0.2, 0.25) is 0 Å². The molecule has 1 fully saturated rings. The Bertz CT molecular complexity index is 407. The van der Waals surface area contributed by atoms with Gasteiger partial charge in [-0.05, 0) is 37.4 Å². The second-order valence-electron chi connectivity index (χ2n) is 5.98. The second-order valence-corrected chi connectivity index (χ2v) is 5.98. The van der Waals surface area contributed by atoms with Gasteiger partial charge >= 0.3 is 0 Å². The Morgan fingerprint density at radius 3 is 3.00 bits per heavy atom. The van der Waals surface area contributed by atoms with Crippen LogP contribution in [0.3, 0.4) is 0 Å². The summed E-state index contributed by atoms with van der Waals surface area (Å²) >= 11 is 0. The molecule has 1 saturated heterocycles. The standard InChI is InChI=1S/C16H24N2/c1-2-8-16(9-10-17-12-16)13-18-11-7-14-5-3-4-6-15(14)18/h3-6,17H,2,7-13H2,1H3. The van der Waals surface area contributed by atoms with Crippen LogP contribution in [0.25, 0.3) is 0 Å². The van der Waals surface area contributed by atoms with Crippen LogP contribution in [0.5, 0.6) is 0 Å². The molecule has 18 heavy (non-hydrogen) atoms. The third-order valence-electron chi connectivity index (χ3n) is 4.62. The van der Waals surface area contributed by atoms with Crippen molar-refractivity contribution in [2.75, 3.05) is 31.1 Å². The molecule has 1 N–H and O–H groups in total. The molecule has 0 aliphatic carbocycles. The number of nitrogens with zero attached hydrogens (tertiary/aromatic N) is 1. The minimum atomic E-state index is 0.520. The SMILES string of the molecule is CCCC1(CN2CCc3ccccc32)CCNC1. The van der Waals surface area contributed by atoms with Gasteiger partial charge in [-0.3, -0.25) is 0 Å². The van der Waals surface area contributed by atoms with Crippen molar-refractivity contribution in [3.8, 4) is 0 Å². The zero-order valence-corrected chi connectivity index (χ0v) is 11.4. The van der Waals surface area contributed by atoms with Crippen LogP contribution in [-0.4, -0.2) is 26.2 Å². The minimum Gasteiger partial charge on any atom is -0.370 e. The van der Waals surface area contributed by atoms with Crippen molar-refractivity contribution in [2.24, 2.45) is 5.41 Å². The van der Waals surface area contributed by atoms with E-state index in [0.717, 1.165) is 0 Å². The zero-order chi connectivity index (χ0) is 12.4. The van der Waals surface area contributed by atoms with Crippen molar-refractivity contribution in [1.29, 1.82) is 0 Å². The van der Waals surface area contributed by atoms with Crippen LogP contribution in [0.1, 0.15) is 31.7 Å². The normalized spacial score (nSPS) is 26.6. The van der Waals surface area contributed by atoms with E-state index in [2.05, 4.69) is 41.4 Å². The summed E-state index contributed by atoms with van der Waals surface area (Å²) in [6, 6.07) is 8.93. The van der Waals surface area contributed by atoms with E-state index in [1.54, 1.807) is 0 Å². The monoisotopic (exact) mass is 244 g/mol. The summed E-state index contributed by atoms with van der Waals surface area (Å²) in [4.78, 5) is 2.62. The van der Waals surface area contributed by atoms with Gasteiger partial charge in [0.1, 0.15) is 0 Å². The lowest BCUT2D eigenvalue weighted by atomic mass is 9.82. The topological polar surface area (TPSA) is 15.3 Å². The minimum absolute atomic E-state index is 0.520. The van der Waals surface area contributed by atoms with Crippen LogP contribution in [0, 0.1) is 5.41 Å². The Morgan fingerprint density at radius 2 is 2.22 bits per heavy atom. The molecule has 1 unspecified atom stereocenters. The fourth-order valence-corrected chi connectivity index (χ4v) is 3.73. The number of hydrogen-bond donors (Lipinski definition) is 1. The van der Waals surface area contributed by atoms with Gasteiger partial charge in [0.15, 0.2) is 0 Å². The van der Waals surface area contributed by atoms with Gasteiger partial charge in [0.25, 0.3) is 0 Å². The molecule has 1 aromatic carbocycles. The van der Waals surface area contributed by atoms with E-state index in [1.807, 2.05) is 0 Å². The Labute approximate surface area is 110 Å². The summed E-state index contributed by atoms with van der Waals surface area (Å²) < 4.78 is 0. The van der Waals surface area contributed by atoms with E-state index in [9.17, 15) is 0 Å². The maximum Gasteiger partial charge on any atom is 0.0399 e. The smallest absolute Gasteiger partial charge is 0.0399 e. The van der Waals surface area contributed by atoms with E-state index in [-0.39, 0.29) is 0 Å². The first-order valence-corrected chi connectivity index (χ1v) is 7.37. The third-order valence-corrected chi connectivity index (χ3v) is 4.62. The summed E-state index contributed by atoms with van der Waals surface area (Å²) in [7, 11) is 0. The average molecular weight is 244 g/mol. The summed E-state index contributed by atoms with van der Waals surface area (Å²) in [5, 5.41) is 3.57. The molecule has 2 nitrogen and oxygen atoms in total. The van der Waals surface area contributed by atoms with Gasteiger partial charge < -0.3 is 10.2 Å². The van der Waals surface area contributed by atoms with Gasteiger partial charge in [0, 0.05) is 30.7 Å². The largest absolute Gasteiger partial charge is 0.370 e.